The first kappa shape index (κ1) is 39.2. The summed E-state index contributed by atoms with van der Waals surface area (Å²) in [6.45, 7) is 0. The number of furan rings is 1. The first-order valence-electron chi connectivity index (χ1n) is 22.9. The summed E-state index contributed by atoms with van der Waals surface area (Å²) in [5, 5.41) is 4.42. The highest BCUT2D eigenvalue weighted by Gasteiger charge is 2.23. The first-order chi connectivity index (χ1) is 33.7. The van der Waals surface area contributed by atoms with Crippen molar-refractivity contribution in [3.05, 3.63) is 243 Å². The number of fused-ring (bicyclic) bond motifs is 6. The lowest BCUT2D eigenvalue weighted by atomic mass is 9.88. The fourth-order valence-corrected chi connectivity index (χ4v) is 9.89. The van der Waals surface area contributed by atoms with E-state index in [4.69, 9.17) is 19.4 Å². The van der Waals surface area contributed by atoms with Crippen LogP contribution in [-0.4, -0.2) is 19.5 Å². The Morgan fingerprint density at radius 3 is 1.53 bits per heavy atom. The molecule has 0 aliphatic carbocycles. The molecule has 318 valence electrons. The SMILES string of the molecule is c1ccc(-c2ccc(-c3ccccc3)c(-c3ccc(-c4cccc5oc6cc7c(cc6c45)c4ccccc4n7-c4ccccc4)c(-c4nc(-c5ccccc5)nc(-c5ccccc5)n4)c3)c2)cc1. The van der Waals surface area contributed by atoms with Gasteiger partial charge in [-0.3, -0.25) is 0 Å². The molecule has 0 saturated heterocycles. The maximum atomic E-state index is 6.87. The summed E-state index contributed by atoms with van der Waals surface area (Å²) in [6.07, 6.45) is 0. The van der Waals surface area contributed by atoms with Gasteiger partial charge in [-0.25, -0.2) is 15.0 Å². The second-order valence-electron chi connectivity index (χ2n) is 17.1. The van der Waals surface area contributed by atoms with Crippen molar-refractivity contribution in [2.24, 2.45) is 0 Å². The molecule has 0 bridgehead atoms. The highest BCUT2D eigenvalue weighted by Crippen LogP contribution is 2.46. The lowest BCUT2D eigenvalue weighted by molar-refractivity contribution is 0.669. The van der Waals surface area contributed by atoms with E-state index in [0.717, 1.165) is 105 Å². The summed E-state index contributed by atoms with van der Waals surface area (Å²) >= 11 is 0. The summed E-state index contributed by atoms with van der Waals surface area (Å²) in [5.41, 5.74) is 16.4. The van der Waals surface area contributed by atoms with Crippen LogP contribution in [0.15, 0.2) is 247 Å². The van der Waals surface area contributed by atoms with Crippen LogP contribution in [0.4, 0.5) is 0 Å². The fraction of sp³-hybridized carbons (Fsp3) is 0. The zero-order valence-electron chi connectivity index (χ0n) is 36.8. The fourth-order valence-electron chi connectivity index (χ4n) is 9.89. The summed E-state index contributed by atoms with van der Waals surface area (Å²) in [5.74, 6) is 1.78. The van der Waals surface area contributed by atoms with Crippen molar-refractivity contribution in [2.45, 2.75) is 0 Å². The molecule has 0 atom stereocenters. The molecular formula is C63H40N4O. The Bertz CT molecular complexity index is 3940. The quantitative estimate of drug-likeness (QED) is 0.153. The van der Waals surface area contributed by atoms with Gasteiger partial charge in [0, 0.05) is 50.0 Å². The van der Waals surface area contributed by atoms with Gasteiger partial charge < -0.3 is 8.98 Å². The predicted molar refractivity (Wildman–Crippen MR) is 279 cm³/mol. The second kappa shape index (κ2) is 16.4. The molecule has 0 aliphatic rings. The van der Waals surface area contributed by atoms with Gasteiger partial charge >= 0.3 is 0 Å². The van der Waals surface area contributed by atoms with Crippen molar-refractivity contribution in [2.75, 3.05) is 0 Å². The van der Waals surface area contributed by atoms with Crippen LogP contribution in [0.3, 0.4) is 0 Å². The van der Waals surface area contributed by atoms with E-state index in [2.05, 4.69) is 211 Å². The van der Waals surface area contributed by atoms with Crippen molar-refractivity contribution in [1.82, 2.24) is 19.5 Å². The van der Waals surface area contributed by atoms with Gasteiger partial charge in [-0.2, -0.15) is 0 Å². The van der Waals surface area contributed by atoms with Crippen molar-refractivity contribution in [1.29, 1.82) is 0 Å². The third-order valence-corrected chi connectivity index (χ3v) is 13.1. The minimum atomic E-state index is 0.577. The van der Waals surface area contributed by atoms with Crippen LogP contribution in [0.25, 0.3) is 128 Å². The van der Waals surface area contributed by atoms with Crippen LogP contribution >= 0.6 is 0 Å². The Kier molecular flexibility index (Phi) is 9.43. The molecule has 0 fully saturated rings. The number of para-hydroxylation sites is 2. The van der Waals surface area contributed by atoms with Gasteiger partial charge in [0.1, 0.15) is 11.2 Å². The molecule has 3 heterocycles. The van der Waals surface area contributed by atoms with E-state index < -0.39 is 0 Å². The van der Waals surface area contributed by atoms with E-state index in [1.165, 1.54) is 5.39 Å². The zero-order valence-corrected chi connectivity index (χ0v) is 36.8. The molecule has 0 saturated carbocycles. The Morgan fingerprint density at radius 1 is 0.279 bits per heavy atom. The Balaban J connectivity index is 1.10. The molecule has 10 aromatic carbocycles. The molecule has 13 rings (SSSR count). The number of hydrogen-bond acceptors (Lipinski definition) is 4. The second-order valence-corrected chi connectivity index (χ2v) is 17.1. The number of hydrogen-bond donors (Lipinski definition) is 0. The Morgan fingerprint density at radius 2 is 0.838 bits per heavy atom. The van der Waals surface area contributed by atoms with Crippen LogP contribution in [0.5, 0.6) is 0 Å². The summed E-state index contributed by atoms with van der Waals surface area (Å²) in [6, 6.07) is 85.2. The van der Waals surface area contributed by atoms with Crippen LogP contribution in [0, 0.1) is 0 Å². The predicted octanol–water partition coefficient (Wildman–Crippen LogP) is 16.5. The molecule has 68 heavy (non-hydrogen) atoms. The molecule has 0 radical (unpaired) electrons. The van der Waals surface area contributed by atoms with Gasteiger partial charge in [-0.15, -0.1) is 0 Å². The topological polar surface area (TPSA) is 56.7 Å². The largest absolute Gasteiger partial charge is 0.456 e. The van der Waals surface area contributed by atoms with Crippen molar-refractivity contribution in [3.8, 4) is 84.4 Å². The number of rotatable bonds is 8. The van der Waals surface area contributed by atoms with Crippen LogP contribution < -0.4 is 0 Å². The van der Waals surface area contributed by atoms with E-state index in [1.807, 2.05) is 36.4 Å². The lowest BCUT2D eigenvalue weighted by Crippen LogP contribution is -2.01. The van der Waals surface area contributed by atoms with E-state index >= 15 is 0 Å². The van der Waals surface area contributed by atoms with Gasteiger partial charge in [-0.1, -0.05) is 194 Å². The lowest BCUT2D eigenvalue weighted by Gasteiger charge is -2.17. The Labute approximate surface area is 392 Å². The molecule has 0 amide bonds. The highest BCUT2D eigenvalue weighted by molar-refractivity contribution is 6.20. The average molecular weight is 869 g/mol. The molecule has 0 spiro atoms. The molecule has 3 aromatic heterocycles. The van der Waals surface area contributed by atoms with Gasteiger partial charge in [0.2, 0.25) is 0 Å². The van der Waals surface area contributed by atoms with E-state index in [9.17, 15) is 0 Å². The smallest absolute Gasteiger partial charge is 0.164 e. The molecule has 5 heteroatoms. The highest BCUT2D eigenvalue weighted by atomic mass is 16.3. The number of benzene rings is 10. The summed E-state index contributed by atoms with van der Waals surface area (Å²) in [4.78, 5) is 15.8. The molecule has 0 N–H and O–H groups in total. The zero-order chi connectivity index (χ0) is 45.0. The van der Waals surface area contributed by atoms with Crippen LogP contribution in [0.1, 0.15) is 0 Å². The van der Waals surface area contributed by atoms with E-state index in [-0.39, 0.29) is 0 Å². The minimum Gasteiger partial charge on any atom is -0.456 e. The minimum absolute atomic E-state index is 0.577. The molecule has 5 nitrogen and oxygen atoms in total. The normalized spacial score (nSPS) is 11.5. The number of aromatic nitrogens is 4. The standard InChI is InChI=1S/C63H40N4O/c1-6-19-41(20-7-1)45-33-35-48(42-21-8-2-9-22-42)52(37-45)46-34-36-49(54(38-46)63-65-61(43-23-10-3-11-24-43)64-62(66-63)44-25-12-4-13-26-44)51-30-18-32-58-60(51)55-39-53-50-29-16-17-31-56(50)67(47-27-14-5-15-28-47)57(53)40-59(55)68-58/h1-40H. The molecule has 13 aromatic rings. The number of nitrogens with zero attached hydrogens (tertiary/aromatic N) is 4. The van der Waals surface area contributed by atoms with Crippen LogP contribution in [-0.2, 0) is 0 Å². The first-order valence-corrected chi connectivity index (χ1v) is 22.9. The maximum absolute atomic E-state index is 6.87. The molecule has 0 unspecified atom stereocenters. The summed E-state index contributed by atoms with van der Waals surface area (Å²) in [7, 11) is 0. The van der Waals surface area contributed by atoms with Crippen molar-refractivity contribution >= 4 is 43.7 Å². The van der Waals surface area contributed by atoms with Gasteiger partial charge in [-0.05, 0) is 87.0 Å². The van der Waals surface area contributed by atoms with Gasteiger partial charge in [0.25, 0.3) is 0 Å². The maximum Gasteiger partial charge on any atom is 0.164 e. The average Bonchev–Trinajstić information content (AvgIpc) is 3.95. The van der Waals surface area contributed by atoms with Crippen LogP contribution in [0.2, 0.25) is 0 Å². The van der Waals surface area contributed by atoms with E-state index in [1.54, 1.807) is 0 Å². The van der Waals surface area contributed by atoms with Crippen molar-refractivity contribution in [3.63, 3.8) is 0 Å². The van der Waals surface area contributed by atoms with Crippen molar-refractivity contribution < 1.29 is 4.42 Å². The third-order valence-electron chi connectivity index (χ3n) is 13.1. The Hall–Kier alpha value is -9.19. The third kappa shape index (κ3) is 6.76. The van der Waals surface area contributed by atoms with Gasteiger partial charge in [0.05, 0.1) is 11.0 Å². The van der Waals surface area contributed by atoms with Gasteiger partial charge in [0.15, 0.2) is 17.5 Å². The molecular weight excluding hydrogens is 829 g/mol. The monoisotopic (exact) mass is 868 g/mol. The molecule has 0 aliphatic heterocycles. The summed E-state index contributed by atoms with van der Waals surface area (Å²) < 4.78 is 9.20. The van der Waals surface area contributed by atoms with E-state index in [0.29, 0.717) is 17.5 Å².